The molecule has 58 valence electrons. The van der Waals surface area contributed by atoms with E-state index < -0.39 is 0 Å². The molecule has 0 radical (unpaired) electrons. The first-order chi connectivity index (χ1) is 4.85. The summed E-state index contributed by atoms with van der Waals surface area (Å²) in [6.07, 6.45) is 8.46. The summed E-state index contributed by atoms with van der Waals surface area (Å²) in [6, 6.07) is 0. The van der Waals surface area contributed by atoms with E-state index in [4.69, 9.17) is 5.73 Å². The molecule has 0 aliphatic heterocycles. The van der Waals surface area contributed by atoms with E-state index in [1.165, 1.54) is 5.57 Å². The summed E-state index contributed by atoms with van der Waals surface area (Å²) in [7, 11) is 0. The second-order valence-corrected chi connectivity index (χ2v) is 2.26. The molecule has 0 saturated carbocycles. The predicted molar refractivity (Wildman–Crippen MR) is 46.9 cm³/mol. The molecule has 0 amide bonds. The molecular formula is C9H17N. The number of hydrogen-bond donors (Lipinski definition) is 1. The molecule has 0 rings (SSSR count). The molecule has 0 spiro atoms. The van der Waals surface area contributed by atoms with Crippen molar-refractivity contribution in [2.24, 2.45) is 5.73 Å². The molecule has 0 aromatic heterocycles. The molecule has 1 nitrogen and oxygen atoms in total. The van der Waals surface area contributed by atoms with Gasteiger partial charge in [-0.05, 0) is 33.2 Å². The highest BCUT2D eigenvalue weighted by Crippen LogP contribution is 2.05. The van der Waals surface area contributed by atoms with E-state index in [0.717, 1.165) is 19.4 Å². The van der Waals surface area contributed by atoms with Crippen LogP contribution in [0.5, 0.6) is 0 Å². The van der Waals surface area contributed by atoms with Gasteiger partial charge in [0.25, 0.3) is 0 Å². The van der Waals surface area contributed by atoms with Crippen molar-refractivity contribution >= 4 is 0 Å². The van der Waals surface area contributed by atoms with Crippen molar-refractivity contribution in [1.82, 2.24) is 0 Å². The average Bonchev–Trinajstić information content (AvgIpc) is 1.98. The van der Waals surface area contributed by atoms with E-state index in [0.29, 0.717) is 0 Å². The summed E-state index contributed by atoms with van der Waals surface area (Å²) < 4.78 is 0. The lowest BCUT2D eigenvalue weighted by Gasteiger charge is -1.99. The molecule has 0 unspecified atom stereocenters. The minimum atomic E-state index is 0.761. The van der Waals surface area contributed by atoms with E-state index in [1.54, 1.807) is 0 Å². The monoisotopic (exact) mass is 139 g/mol. The van der Waals surface area contributed by atoms with Crippen LogP contribution in [0.3, 0.4) is 0 Å². The van der Waals surface area contributed by atoms with Gasteiger partial charge >= 0.3 is 0 Å². The normalized spacial score (nSPS) is 12.9. The van der Waals surface area contributed by atoms with Gasteiger partial charge in [0.15, 0.2) is 0 Å². The van der Waals surface area contributed by atoms with Crippen molar-refractivity contribution in [3.05, 3.63) is 23.8 Å². The molecule has 0 aromatic rings. The van der Waals surface area contributed by atoms with E-state index in [1.807, 2.05) is 6.92 Å². The Bertz CT molecular complexity index is 123. The zero-order valence-electron chi connectivity index (χ0n) is 6.93. The second-order valence-electron chi connectivity index (χ2n) is 2.26. The second kappa shape index (κ2) is 6.56. The van der Waals surface area contributed by atoms with Crippen molar-refractivity contribution < 1.29 is 0 Å². The van der Waals surface area contributed by atoms with Crippen LogP contribution in [0.1, 0.15) is 26.7 Å². The van der Waals surface area contributed by atoms with Crippen LogP contribution in [0.4, 0.5) is 0 Å². The highest BCUT2D eigenvalue weighted by atomic mass is 14.5. The molecule has 2 N–H and O–H groups in total. The third-order valence-corrected chi connectivity index (χ3v) is 1.49. The van der Waals surface area contributed by atoms with E-state index >= 15 is 0 Å². The first kappa shape index (κ1) is 9.44. The van der Waals surface area contributed by atoms with Gasteiger partial charge < -0.3 is 5.73 Å². The maximum absolute atomic E-state index is 5.41. The van der Waals surface area contributed by atoms with Crippen LogP contribution in [0.2, 0.25) is 0 Å². The summed E-state index contributed by atoms with van der Waals surface area (Å²) in [5.74, 6) is 0. The van der Waals surface area contributed by atoms with Crippen molar-refractivity contribution in [1.29, 1.82) is 0 Å². The summed E-state index contributed by atoms with van der Waals surface area (Å²) in [5.41, 5.74) is 6.84. The molecule has 0 fully saturated rings. The molecule has 0 aliphatic rings. The molecule has 1 heteroatoms. The largest absolute Gasteiger partial charge is 0.330 e. The Balaban J connectivity index is 3.62. The molecule has 0 aromatic carbocycles. The SMILES string of the molecule is C/C=C\C/C(=C\C)CCN. The van der Waals surface area contributed by atoms with Crippen LogP contribution in [-0.4, -0.2) is 6.54 Å². The fourth-order valence-corrected chi connectivity index (χ4v) is 0.819. The Hall–Kier alpha value is -0.560. The van der Waals surface area contributed by atoms with Crippen LogP contribution in [-0.2, 0) is 0 Å². The lowest BCUT2D eigenvalue weighted by Crippen LogP contribution is -1.99. The standard InChI is InChI=1S/C9H17N/c1-3-5-6-9(4-2)7-8-10/h3-5H,6-8,10H2,1-2H3/b5-3-,9-4+. The summed E-state index contributed by atoms with van der Waals surface area (Å²) in [6.45, 7) is 4.86. The summed E-state index contributed by atoms with van der Waals surface area (Å²) in [4.78, 5) is 0. The van der Waals surface area contributed by atoms with Crippen molar-refractivity contribution in [2.75, 3.05) is 6.54 Å². The van der Waals surface area contributed by atoms with Gasteiger partial charge in [0.05, 0.1) is 0 Å². The van der Waals surface area contributed by atoms with Crippen LogP contribution >= 0.6 is 0 Å². The maximum Gasteiger partial charge on any atom is -0.00398 e. The van der Waals surface area contributed by atoms with E-state index in [-0.39, 0.29) is 0 Å². The molecule has 0 heterocycles. The fraction of sp³-hybridized carbons (Fsp3) is 0.556. The van der Waals surface area contributed by atoms with Crippen molar-refractivity contribution in [3.63, 3.8) is 0 Å². The van der Waals surface area contributed by atoms with Gasteiger partial charge in [-0.3, -0.25) is 0 Å². The highest BCUT2D eigenvalue weighted by Gasteiger charge is 1.89. The molecule has 0 aliphatic carbocycles. The summed E-state index contributed by atoms with van der Waals surface area (Å²) >= 11 is 0. The minimum absolute atomic E-state index is 0.761. The van der Waals surface area contributed by atoms with Crippen LogP contribution < -0.4 is 5.73 Å². The third kappa shape index (κ3) is 4.33. The minimum Gasteiger partial charge on any atom is -0.330 e. The van der Waals surface area contributed by atoms with E-state index in [2.05, 4.69) is 25.2 Å². The first-order valence-electron chi connectivity index (χ1n) is 3.80. The number of rotatable bonds is 4. The van der Waals surface area contributed by atoms with Crippen LogP contribution in [0.15, 0.2) is 23.8 Å². The smallest absolute Gasteiger partial charge is 0.00398 e. The molecule has 0 atom stereocenters. The van der Waals surface area contributed by atoms with Gasteiger partial charge in [0.1, 0.15) is 0 Å². The van der Waals surface area contributed by atoms with Crippen molar-refractivity contribution in [3.8, 4) is 0 Å². The molecular weight excluding hydrogens is 122 g/mol. The van der Waals surface area contributed by atoms with Gasteiger partial charge in [-0.15, -0.1) is 0 Å². The molecule has 0 bridgehead atoms. The molecule has 10 heavy (non-hydrogen) atoms. The molecule has 0 saturated heterocycles. The number of allylic oxidation sites excluding steroid dienone is 3. The highest BCUT2D eigenvalue weighted by molar-refractivity contribution is 5.06. The Morgan fingerprint density at radius 2 is 2.10 bits per heavy atom. The first-order valence-corrected chi connectivity index (χ1v) is 3.80. The fourth-order valence-electron chi connectivity index (χ4n) is 0.819. The Morgan fingerprint density at radius 1 is 1.40 bits per heavy atom. The van der Waals surface area contributed by atoms with E-state index in [9.17, 15) is 0 Å². The number of nitrogens with two attached hydrogens (primary N) is 1. The Kier molecular flexibility index (Phi) is 6.19. The average molecular weight is 139 g/mol. The van der Waals surface area contributed by atoms with Crippen molar-refractivity contribution in [2.45, 2.75) is 26.7 Å². The summed E-state index contributed by atoms with van der Waals surface area (Å²) in [5, 5.41) is 0. The lowest BCUT2D eigenvalue weighted by molar-refractivity contribution is 0.916. The topological polar surface area (TPSA) is 26.0 Å². The lowest BCUT2D eigenvalue weighted by atomic mass is 10.1. The van der Waals surface area contributed by atoms with Gasteiger partial charge in [-0.25, -0.2) is 0 Å². The van der Waals surface area contributed by atoms with Gasteiger partial charge in [-0.1, -0.05) is 23.8 Å². The quantitative estimate of drug-likeness (QED) is 0.594. The maximum atomic E-state index is 5.41. The van der Waals surface area contributed by atoms with Crippen LogP contribution in [0.25, 0.3) is 0 Å². The number of hydrogen-bond acceptors (Lipinski definition) is 1. The van der Waals surface area contributed by atoms with Gasteiger partial charge in [-0.2, -0.15) is 0 Å². The van der Waals surface area contributed by atoms with Gasteiger partial charge in [0.2, 0.25) is 0 Å². The Morgan fingerprint density at radius 3 is 2.50 bits per heavy atom. The van der Waals surface area contributed by atoms with Gasteiger partial charge in [0, 0.05) is 0 Å². The Labute approximate surface area is 63.6 Å². The predicted octanol–water partition coefficient (Wildman–Crippen LogP) is 2.25. The zero-order chi connectivity index (χ0) is 7.82. The zero-order valence-corrected chi connectivity index (χ0v) is 6.93. The third-order valence-electron chi connectivity index (χ3n) is 1.49. The van der Waals surface area contributed by atoms with Crippen LogP contribution in [0, 0.1) is 0 Å².